The Morgan fingerprint density at radius 3 is 2.70 bits per heavy atom. The minimum absolute atomic E-state index is 0.135. The lowest BCUT2D eigenvalue weighted by Crippen LogP contribution is -2.63. The first-order valence-electron chi connectivity index (χ1n) is 7.03. The fraction of sp³-hybridized carbons (Fsp3) is 0.562. The smallest absolute Gasteiger partial charge is 0.156 e. The molecule has 2 atom stereocenters. The Hall–Kier alpha value is -1.41. The van der Waals surface area contributed by atoms with Crippen molar-refractivity contribution in [1.29, 1.82) is 5.26 Å². The van der Waals surface area contributed by atoms with Gasteiger partial charge in [0.1, 0.15) is 0 Å². The van der Waals surface area contributed by atoms with Crippen LogP contribution in [0.25, 0.3) is 0 Å². The van der Waals surface area contributed by atoms with E-state index in [-0.39, 0.29) is 19.3 Å². The number of nitrogens with zero attached hydrogens (tertiary/aromatic N) is 2. The zero-order valence-corrected chi connectivity index (χ0v) is 12.1. The van der Waals surface area contributed by atoms with Gasteiger partial charge in [-0.25, -0.2) is 0 Å². The molecule has 0 bridgehead atoms. The molecule has 2 rings (SSSR count). The van der Waals surface area contributed by atoms with Crippen LogP contribution in [-0.4, -0.2) is 41.4 Å². The van der Waals surface area contributed by atoms with E-state index < -0.39 is 5.54 Å². The molecule has 1 fully saturated rings. The van der Waals surface area contributed by atoms with Crippen LogP contribution in [0, 0.1) is 17.2 Å². The van der Waals surface area contributed by atoms with Crippen LogP contribution in [0.4, 0.5) is 0 Å². The molecule has 0 aliphatic carbocycles. The summed E-state index contributed by atoms with van der Waals surface area (Å²) in [6, 6.07) is 12.5. The molecule has 1 unspecified atom stereocenters. The predicted molar refractivity (Wildman–Crippen MR) is 76.9 cm³/mol. The third-order valence-electron chi connectivity index (χ3n) is 4.01. The highest BCUT2D eigenvalue weighted by atomic mass is 16.5. The van der Waals surface area contributed by atoms with E-state index in [0.29, 0.717) is 19.1 Å². The Kier molecular flexibility index (Phi) is 4.77. The highest BCUT2D eigenvalue weighted by Crippen LogP contribution is 2.29. The lowest BCUT2D eigenvalue weighted by Gasteiger charge is -2.47. The maximum atomic E-state index is 9.75. The van der Waals surface area contributed by atoms with E-state index in [1.54, 1.807) is 0 Å². The summed E-state index contributed by atoms with van der Waals surface area (Å²) < 4.78 is 5.58. The van der Waals surface area contributed by atoms with Gasteiger partial charge in [0.25, 0.3) is 0 Å². The molecule has 1 saturated heterocycles. The van der Waals surface area contributed by atoms with E-state index in [9.17, 15) is 10.4 Å². The van der Waals surface area contributed by atoms with Crippen LogP contribution in [0.5, 0.6) is 0 Å². The Balaban J connectivity index is 2.31. The van der Waals surface area contributed by atoms with E-state index in [4.69, 9.17) is 4.74 Å². The molecule has 0 radical (unpaired) electrons. The minimum Gasteiger partial charge on any atom is -0.393 e. The molecular weight excluding hydrogens is 252 g/mol. The molecule has 0 amide bonds. The fourth-order valence-electron chi connectivity index (χ4n) is 2.71. The van der Waals surface area contributed by atoms with Crippen molar-refractivity contribution in [1.82, 2.24) is 4.90 Å². The number of rotatable bonds is 4. The number of benzene rings is 1. The van der Waals surface area contributed by atoms with E-state index in [1.165, 1.54) is 0 Å². The summed E-state index contributed by atoms with van der Waals surface area (Å²) in [6.07, 6.45) is 0. The van der Waals surface area contributed by atoms with Gasteiger partial charge in [-0.3, -0.25) is 4.90 Å². The zero-order valence-electron chi connectivity index (χ0n) is 12.1. The third-order valence-corrected chi connectivity index (χ3v) is 4.01. The van der Waals surface area contributed by atoms with E-state index in [2.05, 4.69) is 24.8 Å². The quantitative estimate of drug-likeness (QED) is 0.909. The predicted octanol–water partition coefficient (Wildman–Crippen LogP) is 1.80. The van der Waals surface area contributed by atoms with Gasteiger partial charge in [-0.2, -0.15) is 5.26 Å². The van der Waals surface area contributed by atoms with Crippen molar-refractivity contribution in [3.8, 4) is 6.07 Å². The van der Waals surface area contributed by atoms with Crippen LogP contribution >= 0.6 is 0 Å². The van der Waals surface area contributed by atoms with Gasteiger partial charge >= 0.3 is 0 Å². The molecule has 1 N–H and O–H groups in total. The molecule has 4 heteroatoms. The zero-order chi connectivity index (χ0) is 14.6. The molecule has 0 aromatic heterocycles. The highest BCUT2D eigenvalue weighted by Gasteiger charge is 2.45. The van der Waals surface area contributed by atoms with E-state index in [0.717, 1.165) is 5.56 Å². The largest absolute Gasteiger partial charge is 0.393 e. The topological polar surface area (TPSA) is 56.5 Å². The average Bonchev–Trinajstić information content (AvgIpc) is 2.48. The van der Waals surface area contributed by atoms with Crippen molar-refractivity contribution in [3.05, 3.63) is 35.9 Å². The first-order chi connectivity index (χ1) is 9.63. The molecule has 1 heterocycles. The Morgan fingerprint density at radius 2 is 2.15 bits per heavy atom. The maximum Gasteiger partial charge on any atom is 0.156 e. The van der Waals surface area contributed by atoms with Crippen LogP contribution in [0.15, 0.2) is 30.3 Å². The molecule has 108 valence electrons. The van der Waals surface area contributed by atoms with Gasteiger partial charge in [-0.15, -0.1) is 0 Å². The minimum atomic E-state index is -0.941. The summed E-state index contributed by atoms with van der Waals surface area (Å²) in [5.41, 5.74) is 0.205. The molecule has 1 aromatic carbocycles. The lowest BCUT2D eigenvalue weighted by atomic mass is 9.91. The molecule has 1 aliphatic heterocycles. The van der Waals surface area contributed by atoms with Gasteiger partial charge < -0.3 is 9.84 Å². The fourth-order valence-corrected chi connectivity index (χ4v) is 2.71. The molecule has 4 nitrogen and oxygen atoms in total. The molecular formula is C16H22N2O2. The summed E-state index contributed by atoms with van der Waals surface area (Å²) in [6.45, 7) is 5.55. The summed E-state index contributed by atoms with van der Waals surface area (Å²) in [5.74, 6) is 0.360. The molecule has 0 saturated carbocycles. The van der Waals surface area contributed by atoms with Crippen molar-refractivity contribution in [3.63, 3.8) is 0 Å². The number of hydrogen-bond donors (Lipinski definition) is 1. The molecule has 1 aliphatic rings. The van der Waals surface area contributed by atoms with Crippen molar-refractivity contribution in [2.24, 2.45) is 5.92 Å². The van der Waals surface area contributed by atoms with Gasteiger partial charge in [-0.1, -0.05) is 44.2 Å². The monoisotopic (exact) mass is 274 g/mol. The van der Waals surface area contributed by atoms with Gasteiger partial charge in [0.15, 0.2) is 5.54 Å². The van der Waals surface area contributed by atoms with Crippen molar-refractivity contribution in [2.45, 2.75) is 32.0 Å². The van der Waals surface area contributed by atoms with Crippen LogP contribution in [0.3, 0.4) is 0 Å². The molecule has 1 aromatic rings. The first-order valence-corrected chi connectivity index (χ1v) is 7.03. The van der Waals surface area contributed by atoms with Crippen molar-refractivity contribution < 1.29 is 9.84 Å². The van der Waals surface area contributed by atoms with E-state index >= 15 is 0 Å². The number of hydrogen-bond acceptors (Lipinski definition) is 4. The second-order valence-electron chi connectivity index (χ2n) is 5.74. The Bertz CT molecular complexity index is 469. The van der Waals surface area contributed by atoms with Gasteiger partial charge in [0.2, 0.25) is 0 Å². The van der Waals surface area contributed by atoms with Gasteiger partial charge in [-0.05, 0) is 11.5 Å². The van der Waals surface area contributed by atoms with Crippen LogP contribution in [-0.2, 0) is 11.3 Å². The average molecular weight is 274 g/mol. The SMILES string of the molecule is CC(C)[C@H]1COCC(C#N)(CO)N1Cc1ccccc1. The summed E-state index contributed by atoms with van der Waals surface area (Å²) >= 11 is 0. The van der Waals surface area contributed by atoms with Crippen molar-refractivity contribution in [2.75, 3.05) is 19.8 Å². The number of aliphatic hydroxyl groups excluding tert-OH is 1. The summed E-state index contributed by atoms with van der Waals surface area (Å²) in [7, 11) is 0. The van der Waals surface area contributed by atoms with Crippen LogP contribution in [0.1, 0.15) is 19.4 Å². The second kappa shape index (κ2) is 6.36. The number of ether oxygens (including phenoxy) is 1. The Morgan fingerprint density at radius 1 is 1.45 bits per heavy atom. The van der Waals surface area contributed by atoms with Crippen LogP contribution in [0.2, 0.25) is 0 Å². The Labute approximate surface area is 120 Å². The number of nitriles is 1. The first kappa shape index (κ1) is 15.0. The standard InChI is InChI=1S/C16H22N2O2/c1-13(2)15-9-20-12-16(10-17,11-19)18(15)8-14-6-4-3-5-7-14/h3-7,13,15,19H,8-9,11-12H2,1-2H3/t15-,16?/m1/s1. The molecule has 20 heavy (non-hydrogen) atoms. The molecule has 0 spiro atoms. The van der Waals surface area contributed by atoms with Crippen LogP contribution < -0.4 is 0 Å². The van der Waals surface area contributed by atoms with E-state index in [1.807, 2.05) is 30.3 Å². The van der Waals surface area contributed by atoms with Gasteiger partial charge in [0.05, 0.1) is 25.9 Å². The normalized spacial score (nSPS) is 27.4. The summed E-state index contributed by atoms with van der Waals surface area (Å²) in [4.78, 5) is 2.11. The van der Waals surface area contributed by atoms with Gasteiger partial charge in [0, 0.05) is 12.6 Å². The lowest BCUT2D eigenvalue weighted by molar-refractivity contribution is -0.114. The number of aliphatic hydroxyl groups is 1. The highest BCUT2D eigenvalue weighted by molar-refractivity contribution is 5.19. The van der Waals surface area contributed by atoms with Crippen molar-refractivity contribution >= 4 is 0 Å². The number of morpholine rings is 1. The second-order valence-corrected chi connectivity index (χ2v) is 5.74. The third kappa shape index (κ3) is 2.85. The maximum absolute atomic E-state index is 9.75. The summed E-state index contributed by atoms with van der Waals surface area (Å²) in [5, 5.41) is 19.3.